The van der Waals surface area contributed by atoms with Gasteiger partial charge in [-0.3, -0.25) is 4.79 Å². The number of benzene rings is 2. The lowest BCUT2D eigenvalue weighted by Crippen LogP contribution is -2.45. The molecule has 212 valence electrons. The van der Waals surface area contributed by atoms with Crippen molar-refractivity contribution < 1.29 is 19.4 Å². The van der Waals surface area contributed by atoms with Crippen molar-refractivity contribution in [2.75, 3.05) is 0 Å². The summed E-state index contributed by atoms with van der Waals surface area (Å²) in [7, 11) is 0. The number of carboxylic acid groups (broad SMARTS) is 1. The van der Waals surface area contributed by atoms with Crippen LogP contribution in [0.3, 0.4) is 0 Å². The minimum Gasteiger partial charge on any atom is -0.480 e. The minimum absolute atomic E-state index is 0.0274. The van der Waals surface area contributed by atoms with Gasteiger partial charge in [0, 0.05) is 11.3 Å². The first-order valence-electron chi connectivity index (χ1n) is 15.0. The third-order valence-electron chi connectivity index (χ3n) is 8.69. The van der Waals surface area contributed by atoms with Crippen LogP contribution in [0.4, 0.5) is 0 Å². The summed E-state index contributed by atoms with van der Waals surface area (Å²) in [5.41, 5.74) is 2.54. The summed E-state index contributed by atoms with van der Waals surface area (Å²) in [6.45, 7) is 6.58. The number of hydrogen-bond acceptors (Lipinski definition) is 4. The number of aliphatic carboxylic acids is 1. The topological polar surface area (TPSA) is 88.5 Å². The Morgan fingerprint density at radius 2 is 1.50 bits per heavy atom. The van der Waals surface area contributed by atoms with Gasteiger partial charge in [-0.15, -0.1) is 0 Å². The maximum Gasteiger partial charge on any atom is 0.326 e. The van der Waals surface area contributed by atoms with Gasteiger partial charge in [-0.2, -0.15) is 0 Å². The van der Waals surface area contributed by atoms with Gasteiger partial charge in [0.05, 0.1) is 5.69 Å². The molecule has 2 aliphatic rings. The fourth-order valence-corrected chi connectivity index (χ4v) is 6.34. The molecule has 2 fully saturated rings. The van der Waals surface area contributed by atoms with Crippen LogP contribution in [-0.2, 0) is 10.2 Å². The molecule has 0 bridgehead atoms. The number of pyridine rings is 1. The molecule has 1 unspecified atom stereocenters. The third kappa shape index (κ3) is 6.48. The molecule has 0 aliphatic heterocycles. The lowest BCUT2D eigenvalue weighted by Gasteiger charge is -2.22. The number of nitrogens with one attached hydrogen (secondary N) is 1. The Labute approximate surface area is 237 Å². The predicted molar refractivity (Wildman–Crippen MR) is 158 cm³/mol. The Balaban J connectivity index is 1.47. The van der Waals surface area contributed by atoms with Gasteiger partial charge in [0.25, 0.3) is 5.91 Å². The molecule has 40 heavy (non-hydrogen) atoms. The first-order valence-corrected chi connectivity index (χ1v) is 15.0. The van der Waals surface area contributed by atoms with E-state index < -0.39 is 17.9 Å². The van der Waals surface area contributed by atoms with Crippen LogP contribution in [0.15, 0.2) is 48.5 Å². The lowest BCUT2D eigenvalue weighted by atomic mass is 9.87. The largest absolute Gasteiger partial charge is 0.480 e. The minimum atomic E-state index is -0.970. The second kappa shape index (κ2) is 12.0. The van der Waals surface area contributed by atoms with Crippen molar-refractivity contribution in [2.24, 2.45) is 5.92 Å². The van der Waals surface area contributed by atoms with Crippen molar-refractivity contribution in [3.63, 3.8) is 0 Å². The summed E-state index contributed by atoms with van der Waals surface area (Å²) in [4.78, 5) is 30.4. The smallest absolute Gasteiger partial charge is 0.326 e. The van der Waals surface area contributed by atoms with Gasteiger partial charge in [-0.05, 0) is 78.3 Å². The molecule has 0 spiro atoms. The predicted octanol–water partition coefficient (Wildman–Crippen LogP) is 8.14. The number of hydrogen-bond donors (Lipinski definition) is 2. The molecule has 2 aromatic carbocycles. The van der Waals surface area contributed by atoms with Crippen LogP contribution in [0.25, 0.3) is 10.8 Å². The van der Waals surface area contributed by atoms with E-state index in [-0.39, 0.29) is 17.3 Å². The normalized spacial score (nSPS) is 17.9. The zero-order valence-corrected chi connectivity index (χ0v) is 24.0. The van der Waals surface area contributed by atoms with E-state index in [1.807, 2.05) is 30.3 Å². The van der Waals surface area contributed by atoms with Crippen molar-refractivity contribution in [1.29, 1.82) is 0 Å². The van der Waals surface area contributed by atoms with E-state index >= 15 is 0 Å². The molecule has 2 saturated carbocycles. The quantitative estimate of drug-likeness (QED) is 0.294. The Kier molecular flexibility index (Phi) is 8.43. The molecule has 0 radical (unpaired) electrons. The fraction of sp³-hybridized carbons (Fsp3) is 0.500. The summed E-state index contributed by atoms with van der Waals surface area (Å²) in [5, 5.41) is 14.6. The first-order chi connectivity index (χ1) is 19.2. The van der Waals surface area contributed by atoms with Crippen LogP contribution in [0.2, 0.25) is 0 Å². The van der Waals surface area contributed by atoms with Crippen LogP contribution in [0.5, 0.6) is 11.5 Å². The molecule has 5 rings (SSSR count). The van der Waals surface area contributed by atoms with E-state index in [1.165, 1.54) is 18.4 Å². The molecule has 1 amide bonds. The number of aromatic nitrogens is 1. The molecule has 3 aromatic rings. The van der Waals surface area contributed by atoms with E-state index in [0.717, 1.165) is 79.3 Å². The number of carboxylic acids is 1. The van der Waals surface area contributed by atoms with Crippen LogP contribution in [0.1, 0.15) is 113 Å². The van der Waals surface area contributed by atoms with Crippen molar-refractivity contribution in [3.8, 4) is 11.5 Å². The van der Waals surface area contributed by atoms with Crippen LogP contribution in [0, 0.1) is 5.92 Å². The highest BCUT2D eigenvalue weighted by Crippen LogP contribution is 2.37. The van der Waals surface area contributed by atoms with Gasteiger partial charge < -0.3 is 15.2 Å². The van der Waals surface area contributed by atoms with Crippen LogP contribution < -0.4 is 10.1 Å². The maximum absolute atomic E-state index is 13.4. The summed E-state index contributed by atoms with van der Waals surface area (Å²) in [6, 6.07) is 15.1. The second-order valence-corrected chi connectivity index (χ2v) is 12.7. The number of amides is 1. The highest BCUT2D eigenvalue weighted by molar-refractivity contribution is 5.99. The number of carbonyl (C=O) groups excluding carboxylic acids is 1. The summed E-state index contributed by atoms with van der Waals surface area (Å²) < 4.78 is 6.26. The molecule has 2 N–H and O–H groups in total. The van der Waals surface area contributed by atoms with Crippen molar-refractivity contribution in [2.45, 2.75) is 102 Å². The fourth-order valence-electron chi connectivity index (χ4n) is 6.34. The molecule has 2 aliphatic carbocycles. The Morgan fingerprint density at radius 3 is 2.12 bits per heavy atom. The molecular weight excluding hydrogens is 500 g/mol. The lowest BCUT2D eigenvalue weighted by molar-refractivity contribution is -0.140. The van der Waals surface area contributed by atoms with E-state index in [0.29, 0.717) is 5.69 Å². The number of ether oxygens (including phenoxy) is 1. The van der Waals surface area contributed by atoms with Gasteiger partial charge in [0.2, 0.25) is 0 Å². The SMILES string of the molecule is CC(C)(C)c1ccc(Oc2ccc3cc(C(=O)NC(C(=O)O)C4CCCC4)nc(C4CCCCCC4)c3c2)cc1. The summed E-state index contributed by atoms with van der Waals surface area (Å²) in [5.74, 6) is 0.360. The van der Waals surface area contributed by atoms with E-state index in [9.17, 15) is 14.7 Å². The Morgan fingerprint density at radius 1 is 0.875 bits per heavy atom. The number of fused-ring (bicyclic) bond motifs is 1. The van der Waals surface area contributed by atoms with Crippen molar-refractivity contribution in [1.82, 2.24) is 10.3 Å². The summed E-state index contributed by atoms with van der Waals surface area (Å²) in [6.07, 6.45) is 10.5. The van der Waals surface area contributed by atoms with Crippen molar-refractivity contribution >= 4 is 22.6 Å². The zero-order chi connectivity index (χ0) is 28.3. The number of rotatable bonds is 7. The molecule has 6 heteroatoms. The van der Waals surface area contributed by atoms with E-state index in [4.69, 9.17) is 9.72 Å². The van der Waals surface area contributed by atoms with Gasteiger partial charge in [-0.25, -0.2) is 9.78 Å². The van der Waals surface area contributed by atoms with Crippen LogP contribution in [-0.4, -0.2) is 28.0 Å². The van der Waals surface area contributed by atoms with Gasteiger partial charge in [0.1, 0.15) is 23.2 Å². The number of nitrogens with zero attached hydrogens (tertiary/aromatic N) is 1. The summed E-state index contributed by atoms with van der Waals surface area (Å²) >= 11 is 0. The molecule has 6 nitrogen and oxygen atoms in total. The monoisotopic (exact) mass is 542 g/mol. The first kappa shape index (κ1) is 28.1. The number of carbonyl (C=O) groups is 2. The highest BCUT2D eigenvalue weighted by Gasteiger charge is 2.32. The molecule has 0 saturated heterocycles. The molecule has 1 atom stereocenters. The molecule has 1 heterocycles. The van der Waals surface area contributed by atoms with Crippen molar-refractivity contribution in [3.05, 3.63) is 65.5 Å². The van der Waals surface area contributed by atoms with Gasteiger partial charge in [0.15, 0.2) is 0 Å². The van der Waals surface area contributed by atoms with Gasteiger partial charge >= 0.3 is 5.97 Å². The Hall–Kier alpha value is -3.41. The highest BCUT2D eigenvalue weighted by atomic mass is 16.5. The Bertz CT molecular complexity index is 1340. The standard InChI is InChI=1S/C34H42N2O4/c1-34(2,3)25-15-18-26(19-16-25)40-27-17-14-24-20-29(32(37)36-31(33(38)39)23-12-8-9-13-23)35-30(28(24)21-27)22-10-6-4-5-7-11-22/h14-23,31H,4-13H2,1-3H3,(H,36,37)(H,38,39). The third-order valence-corrected chi connectivity index (χ3v) is 8.69. The molecular formula is C34H42N2O4. The maximum atomic E-state index is 13.4. The average Bonchev–Trinajstić information content (AvgIpc) is 3.32. The zero-order valence-electron chi connectivity index (χ0n) is 24.0. The second-order valence-electron chi connectivity index (χ2n) is 12.7. The average molecular weight is 543 g/mol. The molecule has 1 aromatic heterocycles. The van der Waals surface area contributed by atoms with E-state index in [1.54, 1.807) is 6.07 Å². The van der Waals surface area contributed by atoms with Gasteiger partial charge in [-0.1, -0.05) is 77.5 Å². The van der Waals surface area contributed by atoms with E-state index in [2.05, 4.69) is 38.2 Å². The van der Waals surface area contributed by atoms with Crippen LogP contribution >= 0.6 is 0 Å².